The Morgan fingerprint density at radius 2 is 2.09 bits per heavy atom. The van der Waals surface area contributed by atoms with Crippen molar-refractivity contribution in [2.45, 2.75) is 44.8 Å². The van der Waals surface area contributed by atoms with Gasteiger partial charge in [-0.3, -0.25) is 14.9 Å². The van der Waals surface area contributed by atoms with Crippen LogP contribution >= 0.6 is 0 Å². The highest BCUT2D eigenvalue weighted by atomic mass is 16.7. The lowest BCUT2D eigenvalue weighted by Gasteiger charge is -2.27. The standard InChI is InChI=1S/C21H25N5O9/c1-9(2)18(30)33-8-34-20(31)24-11-4-13(28)25-16-14-10(11)5-26(17(14)23-7-22-16)19-21(3,32)15(29)12(6-27)35-19/h4-5,7,9,12,15,19,27,29,32H,6,8H2,1-3H3,(H,24,31)(H,22,23,25,28)/t12-,15-,19-,21?/m1/s1. The third-order valence-corrected chi connectivity index (χ3v) is 5.70. The Kier molecular flexibility index (Phi) is 6.46. The van der Waals surface area contributed by atoms with Crippen molar-refractivity contribution in [2.75, 3.05) is 18.7 Å². The maximum absolute atomic E-state index is 12.4. The number of ether oxygens (including phenoxy) is 3. The van der Waals surface area contributed by atoms with E-state index in [1.54, 1.807) is 13.8 Å². The maximum Gasteiger partial charge on any atom is 0.414 e. The van der Waals surface area contributed by atoms with Crippen LogP contribution in [0.25, 0.3) is 16.7 Å². The maximum atomic E-state index is 12.4. The minimum atomic E-state index is -1.81. The first-order valence-corrected chi connectivity index (χ1v) is 10.7. The Hall–Kier alpha value is -3.59. The van der Waals surface area contributed by atoms with Gasteiger partial charge in [0.1, 0.15) is 35.6 Å². The van der Waals surface area contributed by atoms with Crippen molar-refractivity contribution in [3.63, 3.8) is 0 Å². The minimum Gasteiger partial charge on any atom is -0.428 e. The monoisotopic (exact) mass is 491 g/mol. The number of rotatable bonds is 6. The lowest BCUT2D eigenvalue weighted by molar-refractivity contribution is -0.155. The average molecular weight is 491 g/mol. The Bertz CT molecular complexity index is 1210. The Morgan fingerprint density at radius 1 is 1.34 bits per heavy atom. The van der Waals surface area contributed by atoms with Crippen LogP contribution in [0, 0.1) is 5.92 Å². The molecule has 1 unspecified atom stereocenters. The van der Waals surface area contributed by atoms with Crippen molar-refractivity contribution < 1.29 is 43.9 Å². The first kappa shape index (κ1) is 24.5. The molecule has 2 aromatic rings. The molecule has 0 radical (unpaired) electrons. The van der Waals surface area contributed by atoms with Crippen molar-refractivity contribution >= 4 is 40.5 Å². The summed E-state index contributed by atoms with van der Waals surface area (Å²) in [5, 5.41) is 36.2. The van der Waals surface area contributed by atoms with Gasteiger partial charge in [0, 0.05) is 17.8 Å². The number of carbonyl (C=O) groups is 3. The van der Waals surface area contributed by atoms with Gasteiger partial charge >= 0.3 is 12.1 Å². The number of alkyl carbamates (subject to hydrolysis) is 1. The van der Waals surface area contributed by atoms with Gasteiger partial charge in [0.25, 0.3) is 5.91 Å². The molecular weight excluding hydrogens is 466 g/mol. The molecule has 14 nitrogen and oxygen atoms in total. The Balaban J connectivity index is 1.68. The molecule has 0 bridgehead atoms. The highest BCUT2D eigenvalue weighted by Crippen LogP contribution is 2.42. The second-order valence-corrected chi connectivity index (χ2v) is 8.59. The van der Waals surface area contributed by atoms with Gasteiger partial charge in [0.15, 0.2) is 6.23 Å². The van der Waals surface area contributed by atoms with E-state index < -0.39 is 61.3 Å². The molecule has 0 saturated carbocycles. The number of aromatic nitrogens is 3. The van der Waals surface area contributed by atoms with E-state index in [0.29, 0.717) is 5.39 Å². The number of amides is 2. The highest BCUT2D eigenvalue weighted by Gasteiger charge is 2.53. The predicted molar refractivity (Wildman–Crippen MR) is 117 cm³/mol. The van der Waals surface area contributed by atoms with E-state index in [4.69, 9.17) is 14.2 Å². The SMILES string of the molecule is CC(C)C(=O)OCOC(=O)NC1=CC(=O)Nc2ncnc3c2c1cn3[C@@H]1O[C@H](CO)[C@@H](O)C1(C)O. The van der Waals surface area contributed by atoms with Gasteiger partial charge < -0.3 is 39.4 Å². The zero-order chi connectivity index (χ0) is 25.5. The fraction of sp³-hybridized carbons (Fsp3) is 0.476. The van der Waals surface area contributed by atoms with Crippen LogP contribution < -0.4 is 10.6 Å². The van der Waals surface area contributed by atoms with E-state index in [-0.39, 0.29) is 22.7 Å². The third-order valence-electron chi connectivity index (χ3n) is 5.70. The lowest BCUT2D eigenvalue weighted by Crippen LogP contribution is -2.44. The summed E-state index contributed by atoms with van der Waals surface area (Å²) < 4.78 is 16.8. The molecule has 4 atom stereocenters. The summed E-state index contributed by atoms with van der Waals surface area (Å²) in [7, 11) is 0. The first-order chi connectivity index (χ1) is 16.5. The van der Waals surface area contributed by atoms with E-state index >= 15 is 0 Å². The predicted octanol–water partition coefficient (Wildman–Crippen LogP) is -0.391. The van der Waals surface area contributed by atoms with Crippen LogP contribution in [0.15, 0.2) is 18.6 Å². The van der Waals surface area contributed by atoms with Gasteiger partial charge in [-0.25, -0.2) is 14.8 Å². The molecule has 0 aromatic carbocycles. The normalized spacial score (nSPS) is 25.7. The Labute approximate surface area is 198 Å². The molecule has 2 aromatic heterocycles. The van der Waals surface area contributed by atoms with E-state index in [1.165, 1.54) is 24.0 Å². The number of nitrogens with one attached hydrogen (secondary N) is 2. The molecule has 188 valence electrons. The summed E-state index contributed by atoms with van der Waals surface area (Å²) in [6, 6.07) is 0. The topological polar surface area (TPSA) is 194 Å². The lowest BCUT2D eigenvalue weighted by atomic mass is 9.96. The van der Waals surface area contributed by atoms with Gasteiger partial charge in [-0.2, -0.15) is 0 Å². The average Bonchev–Trinajstić information content (AvgIpc) is 3.23. The first-order valence-electron chi connectivity index (χ1n) is 10.7. The molecule has 5 N–H and O–H groups in total. The Morgan fingerprint density at radius 3 is 2.74 bits per heavy atom. The summed E-state index contributed by atoms with van der Waals surface area (Å²) in [5.74, 6) is -1.41. The van der Waals surface area contributed by atoms with Gasteiger partial charge in [0.05, 0.1) is 23.6 Å². The van der Waals surface area contributed by atoms with E-state index in [0.717, 1.165) is 6.08 Å². The van der Waals surface area contributed by atoms with Crippen LogP contribution in [0.4, 0.5) is 10.6 Å². The van der Waals surface area contributed by atoms with Gasteiger partial charge in [0.2, 0.25) is 6.79 Å². The second kappa shape index (κ2) is 9.22. The van der Waals surface area contributed by atoms with Gasteiger partial charge in [-0.1, -0.05) is 13.8 Å². The number of hydrogen-bond donors (Lipinski definition) is 5. The molecule has 2 aliphatic heterocycles. The van der Waals surface area contributed by atoms with Gasteiger partial charge in [-0.15, -0.1) is 0 Å². The number of nitrogens with zero attached hydrogens (tertiary/aromatic N) is 3. The molecule has 2 aliphatic rings. The quantitative estimate of drug-likeness (QED) is 0.261. The zero-order valence-electron chi connectivity index (χ0n) is 19.1. The molecule has 4 heterocycles. The second-order valence-electron chi connectivity index (χ2n) is 8.59. The van der Waals surface area contributed by atoms with Crippen molar-refractivity contribution in [1.29, 1.82) is 0 Å². The number of carbonyl (C=O) groups excluding carboxylic acids is 3. The van der Waals surface area contributed by atoms with Crippen LogP contribution in [0.5, 0.6) is 0 Å². The molecule has 2 amide bonds. The number of aliphatic hydroxyl groups excluding tert-OH is 2. The summed E-state index contributed by atoms with van der Waals surface area (Å²) in [5.41, 5.74) is -1.30. The molecule has 1 fully saturated rings. The summed E-state index contributed by atoms with van der Waals surface area (Å²) in [6.07, 6.45) is -0.877. The molecule has 0 aliphatic carbocycles. The molecular formula is C21H25N5O9. The molecule has 1 saturated heterocycles. The van der Waals surface area contributed by atoms with Crippen LogP contribution in [0.3, 0.4) is 0 Å². The number of anilines is 1. The van der Waals surface area contributed by atoms with E-state index in [1.807, 2.05) is 0 Å². The van der Waals surface area contributed by atoms with Gasteiger partial charge in [-0.05, 0) is 6.92 Å². The molecule has 0 spiro atoms. The van der Waals surface area contributed by atoms with Crippen LogP contribution in [-0.4, -0.2) is 79.0 Å². The van der Waals surface area contributed by atoms with Crippen LogP contribution in [-0.2, 0) is 23.8 Å². The van der Waals surface area contributed by atoms with E-state index in [9.17, 15) is 29.7 Å². The van der Waals surface area contributed by atoms with Crippen LogP contribution in [0.1, 0.15) is 32.6 Å². The number of esters is 1. The third kappa shape index (κ3) is 4.43. The van der Waals surface area contributed by atoms with Crippen molar-refractivity contribution in [3.05, 3.63) is 24.2 Å². The molecule has 4 rings (SSSR count). The zero-order valence-corrected chi connectivity index (χ0v) is 19.1. The van der Waals surface area contributed by atoms with Crippen molar-refractivity contribution in [3.8, 4) is 0 Å². The fourth-order valence-electron chi connectivity index (χ4n) is 3.87. The number of hydrogen-bond acceptors (Lipinski definition) is 11. The molecule has 14 heteroatoms. The smallest absolute Gasteiger partial charge is 0.414 e. The fourth-order valence-corrected chi connectivity index (χ4v) is 3.87. The number of aliphatic hydroxyl groups is 3. The van der Waals surface area contributed by atoms with Crippen molar-refractivity contribution in [1.82, 2.24) is 19.9 Å². The van der Waals surface area contributed by atoms with Crippen LogP contribution in [0.2, 0.25) is 0 Å². The summed E-state index contributed by atoms with van der Waals surface area (Å²) >= 11 is 0. The summed E-state index contributed by atoms with van der Waals surface area (Å²) in [4.78, 5) is 44.6. The minimum absolute atomic E-state index is 0.0110. The largest absolute Gasteiger partial charge is 0.428 e. The van der Waals surface area contributed by atoms with Crippen molar-refractivity contribution in [2.24, 2.45) is 5.92 Å². The van der Waals surface area contributed by atoms with E-state index in [2.05, 4.69) is 20.6 Å². The summed E-state index contributed by atoms with van der Waals surface area (Å²) in [6.45, 7) is 3.44. The highest BCUT2D eigenvalue weighted by molar-refractivity contribution is 6.14. The molecule has 35 heavy (non-hydrogen) atoms.